The molecule has 0 aliphatic carbocycles. The Labute approximate surface area is 187 Å². The van der Waals surface area contributed by atoms with Crippen LogP contribution in [0.3, 0.4) is 0 Å². The first kappa shape index (κ1) is 23.0. The normalized spacial score (nSPS) is 18.1. The Morgan fingerprint density at radius 3 is 2.25 bits per heavy atom. The van der Waals surface area contributed by atoms with Gasteiger partial charge in [0, 0.05) is 18.7 Å². The van der Waals surface area contributed by atoms with Gasteiger partial charge in [0.25, 0.3) is 5.91 Å². The summed E-state index contributed by atoms with van der Waals surface area (Å²) in [5.41, 5.74) is 6.30. The maximum absolute atomic E-state index is 13.2. The van der Waals surface area contributed by atoms with Gasteiger partial charge in [-0.05, 0) is 36.1 Å². The number of hydrogen-bond acceptors (Lipinski definition) is 4. The Hall–Kier alpha value is -3.68. The molecule has 3 N–H and O–H groups in total. The van der Waals surface area contributed by atoms with Crippen LogP contribution in [0.25, 0.3) is 0 Å². The average molecular weight is 437 g/mol. The molecule has 0 aromatic heterocycles. The van der Waals surface area contributed by atoms with Crippen LogP contribution in [-0.2, 0) is 19.9 Å². The molecule has 2 aromatic carbocycles. The number of carbonyl (C=O) groups is 4. The van der Waals surface area contributed by atoms with E-state index >= 15 is 0 Å². The smallest absolute Gasteiger partial charge is 0.325 e. The fraction of sp³-hybridized carbons (Fsp3) is 0.333. The van der Waals surface area contributed by atoms with Crippen molar-refractivity contribution in [3.63, 3.8) is 0 Å². The van der Waals surface area contributed by atoms with E-state index in [9.17, 15) is 19.2 Å². The highest BCUT2D eigenvalue weighted by Gasteiger charge is 2.49. The van der Waals surface area contributed by atoms with Crippen LogP contribution in [0.1, 0.15) is 44.2 Å². The molecule has 8 nitrogen and oxygen atoms in total. The summed E-state index contributed by atoms with van der Waals surface area (Å²) in [6.45, 7) is 5.38. The van der Waals surface area contributed by atoms with Crippen LogP contribution >= 0.6 is 0 Å². The first-order chi connectivity index (χ1) is 15.1. The van der Waals surface area contributed by atoms with Crippen molar-refractivity contribution < 1.29 is 19.2 Å². The van der Waals surface area contributed by atoms with Gasteiger partial charge in [-0.3, -0.25) is 19.3 Å². The SMILES string of the molecule is CC(C)c1ccc(C2(C)NC(=O)N(CC(=O)N(CCC(N)=O)c3ccccc3)C2=O)cc1. The first-order valence-electron chi connectivity index (χ1n) is 10.5. The molecule has 32 heavy (non-hydrogen) atoms. The zero-order valence-corrected chi connectivity index (χ0v) is 18.5. The molecule has 1 aliphatic rings. The summed E-state index contributed by atoms with van der Waals surface area (Å²) in [6, 6.07) is 15.6. The molecular weight excluding hydrogens is 408 g/mol. The van der Waals surface area contributed by atoms with Crippen LogP contribution < -0.4 is 16.0 Å². The first-order valence-corrected chi connectivity index (χ1v) is 10.5. The van der Waals surface area contributed by atoms with Gasteiger partial charge in [-0.25, -0.2) is 4.79 Å². The van der Waals surface area contributed by atoms with Crippen LogP contribution in [0.15, 0.2) is 54.6 Å². The van der Waals surface area contributed by atoms with E-state index in [2.05, 4.69) is 19.2 Å². The molecule has 1 atom stereocenters. The Morgan fingerprint density at radius 2 is 1.69 bits per heavy atom. The third-order valence-electron chi connectivity index (χ3n) is 5.67. The van der Waals surface area contributed by atoms with Crippen molar-refractivity contribution in [2.24, 2.45) is 5.73 Å². The number of amides is 5. The molecule has 5 amide bonds. The molecule has 0 radical (unpaired) electrons. The van der Waals surface area contributed by atoms with Crippen molar-refractivity contribution in [3.05, 3.63) is 65.7 Å². The van der Waals surface area contributed by atoms with E-state index < -0.39 is 35.8 Å². The van der Waals surface area contributed by atoms with E-state index in [1.807, 2.05) is 24.3 Å². The predicted octanol–water partition coefficient (Wildman–Crippen LogP) is 2.49. The van der Waals surface area contributed by atoms with Crippen molar-refractivity contribution in [2.75, 3.05) is 18.0 Å². The largest absolute Gasteiger partial charge is 0.370 e. The van der Waals surface area contributed by atoms with Crippen molar-refractivity contribution in [1.82, 2.24) is 10.2 Å². The number of carbonyl (C=O) groups excluding carboxylic acids is 4. The third-order valence-corrected chi connectivity index (χ3v) is 5.67. The summed E-state index contributed by atoms with van der Waals surface area (Å²) >= 11 is 0. The standard InChI is InChI=1S/C24H28N4O4/c1-16(2)17-9-11-18(12-10-17)24(3)22(31)28(23(32)26-24)15-21(30)27(14-13-20(25)29)19-7-5-4-6-8-19/h4-12,16H,13-15H2,1-3H3,(H2,25,29)(H,26,32). The van der Waals surface area contributed by atoms with E-state index in [1.165, 1.54) is 4.90 Å². The minimum atomic E-state index is -1.27. The summed E-state index contributed by atoms with van der Waals surface area (Å²) in [5, 5.41) is 2.72. The van der Waals surface area contributed by atoms with Crippen molar-refractivity contribution in [3.8, 4) is 0 Å². The van der Waals surface area contributed by atoms with Gasteiger partial charge in [0.05, 0.1) is 0 Å². The highest BCUT2D eigenvalue weighted by atomic mass is 16.2. The van der Waals surface area contributed by atoms with Crippen molar-refractivity contribution >= 4 is 29.4 Å². The minimum Gasteiger partial charge on any atom is -0.370 e. The molecule has 0 bridgehead atoms. The lowest BCUT2D eigenvalue weighted by atomic mass is 9.90. The van der Waals surface area contributed by atoms with Crippen molar-refractivity contribution in [2.45, 2.75) is 38.6 Å². The number of nitrogens with zero attached hydrogens (tertiary/aromatic N) is 2. The van der Waals surface area contributed by atoms with Crippen LogP contribution in [0, 0.1) is 0 Å². The quantitative estimate of drug-likeness (QED) is 0.619. The van der Waals surface area contributed by atoms with Crippen LogP contribution in [0.4, 0.5) is 10.5 Å². The van der Waals surface area contributed by atoms with Gasteiger partial charge < -0.3 is 16.0 Å². The molecule has 0 spiro atoms. The number of hydrogen-bond donors (Lipinski definition) is 2. The zero-order chi connectivity index (χ0) is 23.5. The van der Waals surface area contributed by atoms with Gasteiger partial charge in [0.2, 0.25) is 11.8 Å². The van der Waals surface area contributed by atoms with E-state index in [0.29, 0.717) is 17.2 Å². The fourth-order valence-corrected chi connectivity index (χ4v) is 3.69. The van der Waals surface area contributed by atoms with Crippen LogP contribution in [0.5, 0.6) is 0 Å². The number of imide groups is 1. The molecular formula is C24H28N4O4. The van der Waals surface area contributed by atoms with Gasteiger partial charge in [-0.15, -0.1) is 0 Å². The third kappa shape index (κ3) is 4.64. The maximum Gasteiger partial charge on any atom is 0.325 e. The Bertz CT molecular complexity index is 1020. The second kappa shape index (κ2) is 9.21. The number of rotatable bonds is 8. The Balaban J connectivity index is 1.81. The zero-order valence-electron chi connectivity index (χ0n) is 18.5. The summed E-state index contributed by atoms with van der Waals surface area (Å²) < 4.78 is 0. The lowest BCUT2D eigenvalue weighted by Crippen LogP contribution is -2.45. The minimum absolute atomic E-state index is 0.0410. The van der Waals surface area contributed by atoms with E-state index in [-0.39, 0.29) is 13.0 Å². The Kier molecular flexibility index (Phi) is 6.62. The second-order valence-corrected chi connectivity index (χ2v) is 8.32. The monoisotopic (exact) mass is 436 g/mol. The average Bonchev–Trinajstić information content (AvgIpc) is 2.98. The number of nitrogens with one attached hydrogen (secondary N) is 1. The molecule has 8 heteroatoms. The van der Waals surface area contributed by atoms with E-state index in [4.69, 9.17) is 5.73 Å². The molecule has 168 valence electrons. The van der Waals surface area contributed by atoms with Crippen LogP contribution in [-0.4, -0.2) is 41.7 Å². The molecule has 1 saturated heterocycles. The number of urea groups is 1. The number of para-hydroxylation sites is 1. The summed E-state index contributed by atoms with van der Waals surface area (Å²) in [4.78, 5) is 52.5. The van der Waals surface area contributed by atoms with Gasteiger partial charge in [-0.2, -0.15) is 0 Å². The summed E-state index contributed by atoms with van der Waals surface area (Å²) in [6.07, 6.45) is -0.0410. The number of nitrogens with two attached hydrogens (primary N) is 1. The molecule has 1 heterocycles. The van der Waals surface area contributed by atoms with E-state index in [1.54, 1.807) is 37.3 Å². The second-order valence-electron chi connectivity index (χ2n) is 8.32. The molecule has 1 aliphatic heterocycles. The topological polar surface area (TPSA) is 113 Å². The lowest BCUT2D eigenvalue weighted by molar-refractivity contribution is -0.134. The molecule has 1 unspecified atom stereocenters. The maximum atomic E-state index is 13.2. The summed E-state index contributed by atoms with van der Waals surface area (Å²) in [7, 11) is 0. The number of primary amides is 1. The van der Waals surface area contributed by atoms with Gasteiger partial charge in [-0.1, -0.05) is 56.3 Å². The fourth-order valence-electron chi connectivity index (χ4n) is 3.69. The molecule has 1 fully saturated rings. The molecule has 3 rings (SSSR count). The van der Waals surface area contributed by atoms with E-state index in [0.717, 1.165) is 10.5 Å². The predicted molar refractivity (Wildman–Crippen MR) is 121 cm³/mol. The van der Waals surface area contributed by atoms with Crippen LogP contribution in [0.2, 0.25) is 0 Å². The number of anilines is 1. The molecule has 2 aromatic rings. The summed E-state index contributed by atoms with van der Waals surface area (Å²) in [5.74, 6) is -1.20. The Morgan fingerprint density at radius 1 is 1.06 bits per heavy atom. The number of benzene rings is 2. The van der Waals surface area contributed by atoms with Gasteiger partial charge >= 0.3 is 6.03 Å². The lowest BCUT2D eigenvalue weighted by Gasteiger charge is -2.25. The van der Waals surface area contributed by atoms with Gasteiger partial charge in [0.1, 0.15) is 12.1 Å². The molecule has 0 saturated carbocycles. The highest BCUT2D eigenvalue weighted by molar-refractivity contribution is 6.10. The van der Waals surface area contributed by atoms with Crippen molar-refractivity contribution in [1.29, 1.82) is 0 Å². The van der Waals surface area contributed by atoms with Gasteiger partial charge in [0.15, 0.2) is 0 Å². The highest BCUT2D eigenvalue weighted by Crippen LogP contribution is 2.30.